The highest BCUT2D eigenvalue weighted by Gasteiger charge is 2.17. The van der Waals surface area contributed by atoms with E-state index in [1.165, 1.54) is 6.20 Å². The third-order valence-corrected chi connectivity index (χ3v) is 3.94. The standard InChI is InChI=1S/C12H13ClN2O2S/c1-7(2)9-5-15-12(18(3,16)17)10-6-14-11(13)4-8(9)10/h4-7H,1-3H3. The third-order valence-electron chi connectivity index (χ3n) is 2.71. The zero-order valence-electron chi connectivity index (χ0n) is 10.3. The van der Waals surface area contributed by atoms with Gasteiger partial charge in [-0.3, -0.25) is 0 Å². The first kappa shape index (κ1) is 13.2. The van der Waals surface area contributed by atoms with E-state index in [0.717, 1.165) is 17.2 Å². The molecule has 0 N–H and O–H groups in total. The molecule has 0 spiro atoms. The summed E-state index contributed by atoms with van der Waals surface area (Å²) in [5, 5.41) is 1.70. The van der Waals surface area contributed by atoms with Gasteiger partial charge in [0, 0.05) is 24.0 Å². The van der Waals surface area contributed by atoms with Crippen molar-refractivity contribution in [3.05, 3.63) is 29.2 Å². The van der Waals surface area contributed by atoms with E-state index in [0.29, 0.717) is 10.5 Å². The van der Waals surface area contributed by atoms with E-state index in [4.69, 9.17) is 11.6 Å². The highest BCUT2D eigenvalue weighted by molar-refractivity contribution is 7.90. The smallest absolute Gasteiger partial charge is 0.193 e. The van der Waals surface area contributed by atoms with Crippen LogP contribution in [-0.2, 0) is 9.84 Å². The van der Waals surface area contributed by atoms with Crippen molar-refractivity contribution in [1.29, 1.82) is 0 Å². The molecule has 0 aliphatic carbocycles. The molecule has 0 aromatic carbocycles. The minimum Gasteiger partial charge on any atom is -0.244 e. The van der Waals surface area contributed by atoms with E-state index < -0.39 is 9.84 Å². The van der Waals surface area contributed by atoms with Crippen LogP contribution in [0.4, 0.5) is 0 Å². The third kappa shape index (κ3) is 2.33. The number of pyridine rings is 2. The molecular formula is C12H13ClN2O2S. The Morgan fingerprint density at radius 3 is 2.39 bits per heavy atom. The average molecular weight is 285 g/mol. The SMILES string of the molecule is CC(C)c1cnc(S(C)(=O)=O)c2cnc(Cl)cc12. The summed E-state index contributed by atoms with van der Waals surface area (Å²) < 4.78 is 23.4. The van der Waals surface area contributed by atoms with Crippen molar-refractivity contribution in [1.82, 2.24) is 9.97 Å². The second kappa shape index (κ2) is 4.48. The Morgan fingerprint density at radius 1 is 1.17 bits per heavy atom. The van der Waals surface area contributed by atoms with E-state index in [1.54, 1.807) is 12.3 Å². The van der Waals surface area contributed by atoms with Crippen LogP contribution in [0.2, 0.25) is 5.15 Å². The normalized spacial score (nSPS) is 12.3. The van der Waals surface area contributed by atoms with Crippen molar-refractivity contribution >= 4 is 32.2 Å². The summed E-state index contributed by atoms with van der Waals surface area (Å²) in [7, 11) is -3.38. The zero-order valence-corrected chi connectivity index (χ0v) is 11.9. The molecule has 2 rings (SSSR count). The van der Waals surface area contributed by atoms with Gasteiger partial charge in [0.2, 0.25) is 0 Å². The van der Waals surface area contributed by atoms with Crippen LogP contribution in [0.25, 0.3) is 10.8 Å². The molecule has 0 aliphatic rings. The van der Waals surface area contributed by atoms with Gasteiger partial charge in [0.25, 0.3) is 0 Å². The van der Waals surface area contributed by atoms with Crippen molar-refractivity contribution in [2.24, 2.45) is 0 Å². The summed E-state index contributed by atoms with van der Waals surface area (Å²) >= 11 is 5.88. The largest absolute Gasteiger partial charge is 0.244 e. The van der Waals surface area contributed by atoms with E-state index in [1.807, 2.05) is 13.8 Å². The fraction of sp³-hybridized carbons (Fsp3) is 0.333. The Bertz CT molecular complexity index is 711. The molecule has 0 atom stereocenters. The number of nitrogens with zero attached hydrogens (tertiary/aromatic N) is 2. The maximum atomic E-state index is 11.7. The van der Waals surface area contributed by atoms with E-state index in [-0.39, 0.29) is 10.9 Å². The summed E-state index contributed by atoms with van der Waals surface area (Å²) in [4.78, 5) is 8.00. The number of aromatic nitrogens is 2. The van der Waals surface area contributed by atoms with E-state index >= 15 is 0 Å². The van der Waals surface area contributed by atoms with Gasteiger partial charge in [-0.2, -0.15) is 0 Å². The minimum atomic E-state index is -3.38. The van der Waals surface area contributed by atoms with Gasteiger partial charge in [-0.25, -0.2) is 18.4 Å². The molecule has 0 bridgehead atoms. The molecule has 6 heteroatoms. The minimum absolute atomic E-state index is 0.0473. The molecule has 0 radical (unpaired) electrons. The second-order valence-corrected chi connectivity index (χ2v) is 6.82. The van der Waals surface area contributed by atoms with Crippen LogP contribution in [0.3, 0.4) is 0 Å². The number of fused-ring (bicyclic) bond motifs is 1. The maximum absolute atomic E-state index is 11.7. The van der Waals surface area contributed by atoms with E-state index in [2.05, 4.69) is 9.97 Å². The molecule has 96 valence electrons. The Hall–Kier alpha value is -1.20. The zero-order chi connectivity index (χ0) is 13.5. The number of rotatable bonds is 2. The fourth-order valence-electron chi connectivity index (χ4n) is 1.86. The lowest BCUT2D eigenvalue weighted by atomic mass is 10.0. The first-order valence-corrected chi connectivity index (χ1v) is 7.72. The number of hydrogen-bond donors (Lipinski definition) is 0. The molecule has 0 unspecified atom stereocenters. The van der Waals surface area contributed by atoms with Crippen molar-refractivity contribution < 1.29 is 8.42 Å². The van der Waals surface area contributed by atoms with Gasteiger partial charge in [-0.15, -0.1) is 0 Å². The van der Waals surface area contributed by atoms with Crippen LogP contribution in [0.5, 0.6) is 0 Å². The van der Waals surface area contributed by atoms with Crippen molar-refractivity contribution in [3.8, 4) is 0 Å². The number of hydrogen-bond acceptors (Lipinski definition) is 4. The second-order valence-electron chi connectivity index (χ2n) is 4.50. The predicted octanol–water partition coefficient (Wildman–Crippen LogP) is 2.81. The van der Waals surface area contributed by atoms with Crippen LogP contribution >= 0.6 is 11.6 Å². The molecule has 4 nitrogen and oxygen atoms in total. The van der Waals surface area contributed by atoms with Crippen LogP contribution in [0.1, 0.15) is 25.3 Å². The summed E-state index contributed by atoms with van der Waals surface area (Å²) in [5.74, 6) is 0.229. The number of sulfone groups is 1. The summed E-state index contributed by atoms with van der Waals surface area (Å²) in [6.07, 6.45) is 4.20. The Kier molecular flexibility index (Phi) is 3.29. The van der Waals surface area contributed by atoms with Gasteiger partial charge in [-0.1, -0.05) is 25.4 Å². The van der Waals surface area contributed by atoms with Crippen LogP contribution in [0, 0.1) is 0 Å². The Morgan fingerprint density at radius 2 is 1.83 bits per heavy atom. The molecule has 18 heavy (non-hydrogen) atoms. The van der Waals surface area contributed by atoms with Gasteiger partial charge in [0.1, 0.15) is 5.15 Å². The van der Waals surface area contributed by atoms with Gasteiger partial charge < -0.3 is 0 Å². The molecule has 2 aromatic rings. The highest BCUT2D eigenvalue weighted by Crippen LogP contribution is 2.29. The molecule has 0 saturated heterocycles. The summed E-state index contributed by atoms with van der Waals surface area (Å²) in [6.45, 7) is 4.04. The van der Waals surface area contributed by atoms with Crippen LogP contribution < -0.4 is 0 Å². The molecule has 0 aliphatic heterocycles. The lowest BCUT2D eigenvalue weighted by molar-refractivity contribution is 0.599. The predicted molar refractivity (Wildman–Crippen MR) is 71.7 cm³/mol. The summed E-state index contributed by atoms with van der Waals surface area (Å²) in [5.41, 5.74) is 0.960. The van der Waals surface area contributed by atoms with Gasteiger partial charge in [0.05, 0.1) is 0 Å². The van der Waals surface area contributed by atoms with Crippen molar-refractivity contribution in [2.75, 3.05) is 6.26 Å². The van der Waals surface area contributed by atoms with Crippen LogP contribution in [-0.4, -0.2) is 24.6 Å². The summed E-state index contributed by atoms with van der Waals surface area (Å²) in [6, 6.07) is 1.68. The molecule has 0 amide bonds. The quantitative estimate of drug-likeness (QED) is 0.796. The number of halogens is 1. The van der Waals surface area contributed by atoms with Crippen LogP contribution in [0.15, 0.2) is 23.5 Å². The topological polar surface area (TPSA) is 59.9 Å². The van der Waals surface area contributed by atoms with Crippen molar-refractivity contribution in [2.45, 2.75) is 24.8 Å². The monoisotopic (exact) mass is 284 g/mol. The maximum Gasteiger partial charge on any atom is 0.193 e. The fourth-order valence-corrected chi connectivity index (χ4v) is 2.83. The molecule has 2 heterocycles. The first-order valence-electron chi connectivity index (χ1n) is 5.45. The molecule has 0 fully saturated rings. The van der Waals surface area contributed by atoms with Gasteiger partial charge >= 0.3 is 0 Å². The highest BCUT2D eigenvalue weighted by atomic mass is 35.5. The van der Waals surface area contributed by atoms with Gasteiger partial charge in [0.15, 0.2) is 14.9 Å². The Balaban J connectivity index is 2.93. The first-order chi connectivity index (χ1) is 8.30. The molecular weight excluding hydrogens is 272 g/mol. The average Bonchev–Trinajstić information content (AvgIpc) is 2.25. The lowest BCUT2D eigenvalue weighted by Crippen LogP contribution is -2.04. The van der Waals surface area contributed by atoms with Crippen molar-refractivity contribution in [3.63, 3.8) is 0 Å². The molecule has 2 aromatic heterocycles. The molecule has 0 saturated carbocycles. The van der Waals surface area contributed by atoms with Gasteiger partial charge in [-0.05, 0) is 22.9 Å². The van der Waals surface area contributed by atoms with E-state index in [9.17, 15) is 8.42 Å². The lowest BCUT2D eigenvalue weighted by Gasteiger charge is -2.11. The Labute approximate surface area is 111 Å².